The van der Waals surface area contributed by atoms with Crippen molar-refractivity contribution in [2.24, 2.45) is 5.92 Å². The van der Waals surface area contributed by atoms with Crippen LogP contribution in [0.3, 0.4) is 0 Å². The first-order valence-corrected chi connectivity index (χ1v) is 17.5. The standard InChI is InChI=1S/C40H54N4O5/c1-27(2)24-35(45)41-22-14-9-10-15-23-44-34-26-30(43-38(47)49-40(6,7)8)19-21-32(34)31-20-18-29(42-37(46)48-39(3,4)5)25-33(31)36(44)28-16-12-11-13-17-28/h11-13,16-21,25-27,36H,9-10,14-15,22-24H2,1-8H3,(H,41,45)(H,42,46)(H,43,47). The molecule has 3 aromatic rings. The van der Waals surface area contributed by atoms with Crippen molar-refractivity contribution in [1.82, 2.24) is 5.32 Å². The molecule has 1 unspecified atom stereocenters. The van der Waals surface area contributed by atoms with Crippen LogP contribution in [0.5, 0.6) is 0 Å². The van der Waals surface area contributed by atoms with Gasteiger partial charge in [0, 0.05) is 42.1 Å². The van der Waals surface area contributed by atoms with Gasteiger partial charge in [-0.25, -0.2) is 9.59 Å². The minimum Gasteiger partial charge on any atom is -0.444 e. The molecule has 3 N–H and O–H groups in total. The van der Waals surface area contributed by atoms with E-state index in [1.807, 2.05) is 110 Å². The van der Waals surface area contributed by atoms with Crippen molar-refractivity contribution in [3.05, 3.63) is 77.9 Å². The maximum atomic E-state index is 12.7. The van der Waals surface area contributed by atoms with Crippen LogP contribution in [0.2, 0.25) is 0 Å². The number of unbranched alkanes of at least 4 members (excludes halogenated alkanes) is 3. The Labute approximate surface area is 292 Å². The molecule has 1 atom stereocenters. The number of amides is 3. The van der Waals surface area contributed by atoms with Crippen LogP contribution < -0.4 is 20.9 Å². The summed E-state index contributed by atoms with van der Waals surface area (Å²) in [6.07, 6.45) is 3.39. The molecule has 0 aliphatic carbocycles. The predicted octanol–water partition coefficient (Wildman–Crippen LogP) is 9.68. The second kappa shape index (κ2) is 16.2. The third-order valence-electron chi connectivity index (χ3n) is 7.90. The first-order chi connectivity index (χ1) is 23.1. The summed E-state index contributed by atoms with van der Waals surface area (Å²) in [5.74, 6) is 0.458. The fraction of sp³-hybridized carbons (Fsp3) is 0.475. The summed E-state index contributed by atoms with van der Waals surface area (Å²) in [5, 5.41) is 8.89. The number of hydrogen-bond acceptors (Lipinski definition) is 6. The van der Waals surface area contributed by atoms with Crippen LogP contribution in [-0.2, 0) is 14.3 Å². The number of carbonyl (C=O) groups is 3. The van der Waals surface area contributed by atoms with Gasteiger partial charge in [0.15, 0.2) is 0 Å². The number of benzene rings is 3. The van der Waals surface area contributed by atoms with Crippen LogP contribution >= 0.6 is 0 Å². The molecule has 4 rings (SSSR count). The number of ether oxygens (including phenoxy) is 2. The van der Waals surface area contributed by atoms with Gasteiger partial charge in [-0.05, 0) is 101 Å². The Bertz CT molecular complexity index is 1590. The molecule has 0 radical (unpaired) electrons. The van der Waals surface area contributed by atoms with Gasteiger partial charge >= 0.3 is 12.2 Å². The predicted molar refractivity (Wildman–Crippen MR) is 198 cm³/mol. The number of nitrogens with one attached hydrogen (secondary N) is 3. The molecule has 0 aromatic heterocycles. The highest BCUT2D eigenvalue weighted by atomic mass is 16.6. The zero-order chi connectivity index (χ0) is 35.8. The lowest BCUT2D eigenvalue weighted by molar-refractivity contribution is -0.121. The zero-order valence-electron chi connectivity index (χ0n) is 30.4. The monoisotopic (exact) mass is 670 g/mol. The third kappa shape index (κ3) is 11.3. The summed E-state index contributed by atoms with van der Waals surface area (Å²) in [6, 6.07) is 22.1. The molecule has 1 aliphatic heterocycles. The average Bonchev–Trinajstić information content (AvgIpc) is 2.98. The first kappa shape index (κ1) is 37.3. The van der Waals surface area contributed by atoms with Gasteiger partial charge in [0.05, 0.1) is 6.04 Å². The van der Waals surface area contributed by atoms with Crippen LogP contribution in [-0.4, -0.2) is 42.4 Å². The van der Waals surface area contributed by atoms with E-state index in [4.69, 9.17) is 9.47 Å². The Hall–Kier alpha value is -4.53. The zero-order valence-corrected chi connectivity index (χ0v) is 30.4. The van der Waals surface area contributed by atoms with Crippen LogP contribution in [0.1, 0.15) is 105 Å². The molecule has 0 bridgehead atoms. The SMILES string of the molecule is CC(C)CC(=O)NCCCCCCN1c2cc(NC(=O)OC(C)(C)C)ccc2-c2ccc(NC(=O)OC(C)(C)C)cc2C1c1ccccc1. The molecule has 0 spiro atoms. The molecule has 0 saturated heterocycles. The number of anilines is 3. The number of carbonyl (C=O) groups excluding carboxylic acids is 3. The maximum Gasteiger partial charge on any atom is 0.412 e. The van der Waals surface area contributed by atoms with Crippen LogP contribution in [0.4, 0.5) is 26.7 Å². The molecule has 1 aliphatic rings. The van der Waals surface area contributed by atoms with Crippen LogP contribution in [0, 0.1) is 5.92 Å². The molecule has 9 nitrogen and oxygen atoms in total. The van der Waals surface area contributed by atoms with Crippen molar-refractivity contribution in [3.63, 3.8) is 0 Å². The Kier molecular flexibility index (Phi) is 12.4. The van der Waals surface area contributed by atoms with Gasteiger partial charge in [0.1, 0.15) is 11.2 Å². The van der Waals surface area contributed by atoms with Crippen molar-refractivity contribution >= 4 is 35.2 Å². The van der Waals surface area contributed by atoms with E-state index in [-0.39, 0.29) is 11.9 Å². The highest BCUT2D eigenvalue weighted by molar-refractivity contribution is 5.93. The quantitative estimate of drug-likeness (QED) is 0.166. The first-order valence-electron chi connectivity index (χ1n) is 17.5. The lowest BCUT2D eigenvalue weighted by atomic mass is 9.84. The van der Waals surface area contributed by atoms with E-state index in [0.717, 1.165) is 60.2 Å². The summed E-state index contributed by atoms with van der Waals surface area (Å²) in [7, 11) is 0. The Morgan fingerprint density at radius 3 is 1.90 bits per heavy atom. The topological polar surface area (TPSA) is 109 Å². The molecule has 0 saturated carbocycles. The maximum absolute atomic E-state index is 12.7. The Balaban J connectivity index is 1.66. The van der Waals surface area contributed by atoms with Gasteiger partial charge in [-0.2, -0.15) is 0 Å². The van der Waals surface area contributed by atoms with E-state index in [1.165, 1.54) is 0 Å². The van der Waals surface area contributed by atoms with Crippen LogP contribution in [0.15, 0.2) is 66.7 Å². The average molecular weight is 671 g/mol. The van der Waals surface area contributed by atoms with E-state index >= 15 is 0 Å². The van der Waals surface area contributed by atoms with Gasteiger partial charge in [0.2, 0.25) is 5.91 Å². The molecule has 0 fully saturated rings. The van der Waals surface area contributed by atoms with E-state index < -0.39 is 23.4 Å². The summed E-state index contributed by atoms with van der Waals surface area (Å²) in [4.78, 5) is 40.0. The van der Waals surface area contributed by atoms with Crippen LogP contribution in [0.25, 0.3) is 11.1 Å². The van der Waals surface area contributed by atoms with Gasteiger partial charge in [-0.3, -0.25) is 15.4 Å². The lowest BCUT2D eigenvalue weighted by Gasteiger charge is -2.41. The molecular formula is C40H54N4O5. The summed E-state index contributed by atoms with van der Waals surface area (Å²) < 4.78 is 11.1. The molecule has 3 amide bonds. The minimum atomic E-state index is -0.621. The van der Waals surface area contributed by atoms with E-state index in [0.29, 0.717) is 30.3 Å². The van der Waals surface area contributed by atoms with Crippen molar-refractivity contribution in [2.45, 2.75) is 105 Å². The van der Waals surface area contributed by atoms with Gasteiger partial charge < -0.3 is 19.7 Å². The summed E-state index contributed by atoms with van der Waals surface area (Å²) in [6.45, 7) is 16.6. The fourth-order valence-electron chi connectivity index (χ4n) is 6.01. The third-order valence-corrected chi connectivity index (χ3v) is 7.90. The normalized spacial score (nSPS) is 14.1. The second-order valence-corrected chi connectivity index (χ2v) is 15.2. The van der Waals surface area contributed by atoms with Crippen molar-refractivity contribution in [2.75, 3.05) is 28.6 Å². The second-order valence-electron chi connectivity index (χ2n) is 15.2. The summed E-state index contributed by atoms with van der Waals surface area (Å²) >= 11 is 0. The Morgan fingerprint density at radius 1 is 0.735 bits per heavy atom. The van der Waals surface area contributed by atoms with E-state index in [2.05, 4.69) is 33.0 Å². The van der Waals surface area contributed by atoms with Crippen molar-refractivity contribution in [1.29, 1.82) is 0 Å². The van der Waals surface area contributed by atoms with E-state index in [1.54, 1.807) is 0 Å². The fourth-order valence-corrected chi connectivity index (χ4v) is 6.01. The largest absolute Gasteiger partial charge is 0.444 e. The van der Waals surface area contributed by atoms with Gasteiger partial charge in [-0.1, -0.05) is 69.2 Å². The summed E-state index contributed by atoms with van der Waals surface area (Å²) in [5.41, 5.74) is 5.33. The molecule has 1 heterocycles. The molecule has 9 heteroatoms. The number of fused-ring (bicyclic) bond motifs is 3. The lowest BCUT2D eigenvalue weighted by Crippen LogP contribution is -2.34. The smallest absolute Gasteiger partial charge is 0.412 e. The molecular weight excluding hydrogens is 616 g/mol. The van der Waals surface area contributed by atoms with Crippen molar-refractivity contribution in [3.8, 4) is 11.1 Å². The highest BCUT2D eigenvalue weighted by Gasteiger charge is 2.33. The number of rotatable bonds is 12. The Morgan fingerprint density at radius 2 is 1.31 bits per heavy atom. The molecule has 3 aromatic carbocycles. The minimum absolute atomic E-state index is 0.112. The number of nitrogens with zero attached hydrogens (tertiary/aromatic N) is 1. The molecule has 264 valence electrons. The molecule has 49 heavy (non-hydrogen) atoms. The van der Waals surface area contributed by atoms with E-state index in [9.17, 15) is 14.4 Å². The highest BCUT2D eigenvalue weighted by Crippen LogP contribution is 2.49. The number of hydrogen-bond donors (Lipinski definition) is 3. The van der Waals surface area contributed by atoms with Gasteiger partial charge in [0.25, 0.3) is 0 Å². The van der Waals surface area contributed by atoms with Gasteiger partial charge in [-0.15, -0.1) is 0 Å². The van der Waals surface area contributed by atoms with Crippen molar-refractivity contribution < 1.29 is 23.9 Å².